The lowest BCUT2D eigenvalue weighted by Gasteiger charge is -2.11. The number of aliphatic hydroxyl groups is 1. The Hall–Kier alpha value is -2.40. The molecule has 1 atom stereocenters. The van der Waals surface area contributed by atoms with Gasteiger partial charge in [-0.3, -0.25) is 0 Å². The molecule has 2 rings (SSSR count). The fraction of sp³-hybridized carbons (Fsp3) is 0.368. The van der Waals surface area contributed by atoms with Gasteiger partial charge in [0, 0.05) is 0 Å². The highest BCUT2D eigenvalue weighted by Crippen LogP contribution is 2.27. The van der Waals surface area contributed by atoms with Gasteiger partial charge in [0.15, 0.2) is 23.0 Å². The van der Waals surface area contributed by atoms with E-state index in [1.165, 1.54) is 18.2 Å². The molecule has 0 heterocycles. The van der Waals surface area contributed by atoms with E-state index in [4.69, 9.17) is 0 Å². The third-order valence-corrected chi connectivity index (χ3v) is 4.10. The minimum Gasteiger partial charge on any atom is -0.504 e. The predicted octanol–water partition coefficient (Wildman–Crippen LogP) is 3.22. The van der Waals surface area contributed by atoms with Crippen molar-refractivity contribution in [2.45, 2.75) is 44.6 Å². The molecule has 0 aliphatic rings. The van der Waals surface area contributed by atoms with Crippen molar-refractivity contribution in [3.63, 3.8) is 0 Å². The van der Waals surface area contributed by atoms with Gasteiger partial charge < -0.3 is 25.5 Å². The summed E-state index contributed by atoms with van der Waals surface area (Å²) in [6.07, 6.45) is 4.06. The number of rotatable bonds is 8. The van der Waals surface area contributed by atoms with Crippen LogP contribution in [0.15, 0.2) is 36.4 Å². The molecule has 5 N–H and O–H groups in total. The van der Waals surface area contributed by atoms with Gasteiger partial charge in [0.1, 0.15) is 0 Å². The van der Waals surface area contributed by atoms with Crippen LogP contribution in [0.3, 0.4) is 0 Å². The smallest absolute Gasteiger partial charge is 0.157 e. The zero-order valence-electron chi connectivity index (χ0n) is 13.5. The van der Waals surface area contributed by atoms with Crippen LogP contribution in [0.25, 0.3) is 0 Å². The van der Waals surface area contributed by atoms with E-state index in [-0.39, 0.29) is 23.0 Å². The molecule has 5 heteroatoms. The molecule has 2 aromatic carbocycles. The Kier molecular flexibility index (Phi) is 6.32. The molecule has 24 heavy (non-hydrogen) atoms. The molecule has 0 aliphatic carbocycles. The van der Waals surface area contributed by atoms with E-state index in [1.807, 2.05) is 0 Å². The van der Waals surface area contributed by atoms with Crippen molar-refractivity contribution in [3.05, 3.63) is 47.5 Å². The second kappa shape index (κ2) is 8.45. The van der Waals surface area contributed by atoms with Gasteiger partial charge >= 0.3 is 0 Å². The summed E-state index contributed by atoms with van der Waals surface area (Å²) >= 11 is 0. The molecule has 0 amide bonds. The molecule has 0 fully saturated rings. The van der Waals surface area contributed by atoms with Crippen molar-refractivity contribution >= 4 is 0 Å². The normalized spacial score (nSPS) is 12.2. The maximum absolute atomic E-state index is 10.0. The molecule has 0 unspecified atom stereocenters. The third kappa shape index (κ3) is 5.35. The zero-order valence-corrected chi connectivity index (χ0v) is 13.5. The van der Waals surface area contributed by atoms with E-state index >= 15 is 0 Å². The van der Waals surface area contributed by atoms with E-state index < -0.39 is 6.10 Å². The van der Waals surface area contributed by atoms with Gasteiger partial charge in [0.25, 0.3) is 0 Å². The van der Waals surface area contributed by atoms with E-state index in [9.17, 15) is 25.5 Å². The fourth-order valence-electron chi connectivity index (χ4n) is 2.64. The minimum atomic E-state index is -0.408. The van der Waals surface area contributed by atoms with Crippen LogP contribution < -0.4 is 0 Å². The second-order valence-electron chi connectivity index (χ2n) is 6.08. The number of aliphatic hydroxyl groups excluding tert-OH is 1. The van der Waals surface area contributed by atoms with Crippen LogP contribution in [0, 0.1) is 0 Å². The summed E-state index contributed by atoms with van der Waals surface area (Å²) in [6.45, 7) is 0. The lowest BCUT2D eigenvalue weighted by atomic mass is 10.0. The molecule has 0 aliphatic heterocycles. The SMILES string of the molecule is Oc1ccc(CCCC[C@@H](O)CCc2ccc(O)c(O)c2)cc1O. The summed E-state index contributed by atoms with van der Waals surface area (Å²) in [6, 6.07) is 9.51. The number of benzene rings is 2. The molecule has 130 valence electrons. The molecule has 0 saturated heterocycles. The van der Waals surface area contributed by atoms with Crippen LogP contribution >= 0.6 is 0 Å². The Balaban J connectivity index is 1.66. The van der Waals surface area contributed by atoms with Gasteiger partial charge in [-0.1, -0.05) is 18.6 Å². The largest absolute Gasteiger partial charge is 0.504 e. The molecular formula is C19H24O5. The molecule has 0 aromatic heterocycles. The number of hydrogen-bond donors (Lipinski definition) is 5. The Morgan fingerprint density at radius 3 is 1.71 bits per heavy atom. The molecule has 0 spiro atoms. The van der Waals surface area contributed by atoms with E-state index in [0.717, 1.165) is 30.4 Å². The van der Waals surface area contributed by atoms with Crippen LogP contribution in [-0.2, 0) is 12.8 Å². The summed E-state index contributed by atoms with van der Waals surface area (Å²) in [5, 5.41) is 47.4. The minimum absolute atomic E-state index is 0.107. The maximum atomic E-state index is 10.0. The van der Waals surface area contributed by atoms with Gasteiger partial charge in [0.2, 0.25) is 0 Å². The third-order valence-electron chi connectivity index (χ3n) is 4.10. The molecule has 0 bridgehead atoms. The van der Waals surface area contributed by atoms with Gasteiger partial charge in [-0.25, -0.2) is 0 Å². The van der Waals surface area contributed by atoms with Crippen molar-refractivity contribution in [1.82, 2.24) is 0 Å². The van der Waals surface area contributed by atoms with Crippen molar-refractivity contribution < 1.29 is 25.5 Å². The highest BCUT2D eigenvalue weighted by molar-refractivity contribution is 5.41. The number of unbranched alkanes of at least 4 members (excludes halogenated alkanes) is 1. The second-order valence-corrected chi connectivity index (χ2v) is 6.08. The Morgan fingerprint density at radius 1 is 0.625 bits per heavy atom. The lowest BCUT2D eigenvalue weighted by molar-refractivity contribution is 0.151. The fourth-order valence-corrected chi connectivity index (χ4v) is 2.64. The van der Waals surface area contributed by atoms with Crippen molar-refractivity contribution in [3.8, 4) is 23.0 Å². The number of phenols is 4. The predicted molar refractivity (Wildman–Crippen MR) is 91.4 cm³/mol. The summed E-state index contributed by atoms with van der Waals surface area (Å²) in [4.78, 5) is 0. The molecule has 0 radical (unpaired) electrons. The number of aromatic hydroxyl groups is 4. The van der Waals surface area contributed by atoms with Crippen LogP contribution in [0.4, 0.5) is 0 Å². The van der Waals surface area contributed by atoms with Crippen LogP contribution in [0.1, 0.15) is 36.8 Å². The summed E-state index contributed by atoms with van der Waals surface area (Å²) in [7, 11) is 0. The van der Waals surface area contributed by atoms with Crippen LogP contribution in [-0.4, -0.2) is 31.6 Å². The Morgan fingerprint density at radius 2 is 1.17 bits per heavy atom. The summed E-state index contributed by atoms with van der Waals surface area (Å²) in [5.41, 5.74) is 1.84. The monoisotopic (exact) mass is 332 g/mol. The summed E-state index contributed by atoms with van der Waals surface area (Å²) < 4.78 is 0. The first-order valence-corrected chi connectivity index (χ1v) is 8.15. The first-order valence-electron chi connectivity index (χ1n) is 8.15. The maximum Gasteiger partial charge on any atom is 0.157 e. The first-order chi connectivity index (χ1) is 11.5. The van der Waals surface area contributed by atoms with E-state index in [1.54, 1.807) is 18.2 Å². The molecule has 2 aromatic rings. The Labute approximate surface area is 141 Å². The van der Waals surface area contributed by atoms with Gasteiger partial charge in [-0.2, -0.15) is 0 Å². The van der Waals surface area contributed by atoms with Crippen molar-refractivity contribution in [2.24, 2.45) is 0 Å². The standard InChI is InChI=1S/C19H24O5/c20-15(8-5-14-7-10-17(22)19(24)12-14)4-2-1-3-13-6-9-16(21)18(23)11-13/h6-7,9-12,15,20-24H,1-5,8H2/t15-/m1/s1. The average molecular weight is 332 g/mol. The highest BCUT2D eigenvalue weighted by Gasteiger charge is 2.07. The van der Waals surface area contributed by atoms with Crippen molar-refractivity contribution in [1.29, 1.82) is 0 Å². The van der Waals surface area contributed by atoms with Gasteiger partial charge in [0.05, 0.1) is 6.10 Å². The summed E-state index contributed by atoms with van der Waals surface area (Å²) in [5.74, 6) is -0.502. The van der Waals surface area contributed by atoms with Crippen LogP contribution in [0.2, 0.25) is 0 Å². The zero-order chi connectivity index (χ0) is 17.5. The topological polar surface area (TPSA) is 101 Å². The molecule has 5 nitrogen and oxygen atoms in total. The van der Waals surface area contributed by atoms with Gasteiger partial charge in [-0.15, -0.1) is 0 Å². The van der Waals surface area contributed by atoms with E-state index in [0.29, 0.717) is 19.3 Å². The number of hydrogen-bond acceptors (Lipinski definition) is 5. The number of aryl methyl sites for hydroxylation is 2. The first kappa shape index (κ1) is 17.9. The highest BCUT2D eigenvalue weighted by atomic mass is 16.3. The van der Waals surface area contributed by atoms with E-state index in [2.05, 4.69) is 0 Å². The Bertz CT molecular complexity index is 669. The average Bonchev–Trinajstić information content (AvgIpc) is 2.56. The number of phenolic OH excluding ortho intramolecular Hbond substituents is 4. The lowest BCUT2D eigenvalue weighted by Crippen LogP contribution is -2.08. The van der Waals surface area contributed by atoms with Crippen LogP contribution in [0.5, 0.6) is 23.0 Å². The van der Waals surface area contributed by atoms with Gasteiger partial charge in [-0.05, 0) is 67.5 Å². The molecular weight excluding hydrogens is 308 g/mol. The molecule has 0 saturated carbocycles. The quantitative estimate of drug-likeness (QED) is 0.377. The van der Waals surface area contributed by atoms with Crippen molar-refractivity contribution in [2.75, 3.05) is 0 Å².